The Bertz CT molecular complexity index is 1160. The van der Waals surface area contributed by atoms with E-state index in [4.69, 9.17) is 11.0 Å². The third-order valence-corrected chi connectivity index (χ3v) is 8.56. The van der Waals surface area contributed by atoms with Gasteiger partial charge in [-0.25, -0.2) is 8.42 Å². The molecule has 9 nitrogen and oxygen atoms in total. The number of sulfonamides is 1. The van der Waals surface area contributed by atoms with Crippen LogP contribution < -0.4 is 11.1 Å². The zero-order valence-electron chi connectivity index (χ0n) is 18.6. The molecule has 0 spiro atoms. The summed E-state index contributed by atoms with van der Waals surface area (Å²) in [7, 11) is -3.55. The predicted molar refractivity (Wildman–Crippen MR) is 124 cm³/mol. The summed E-state index contributed by atoms with van der Waals surface area (Å²) >= 11 is 0. The van der Waals surface area contributed by atoms with Crippen molar-refractivity contribution in [3.8, 4) is 6.07 Å². The van der Waals surface area contributed by atoms with Crippen LogP contribution in [-0.2, 0) is 34.1 Å². The van der Waals surface area contributed by atoms with Gasteiger partial charge >= 0.3 is 0 Å². The van der Waals surface area contributed by atoms with Gasteiger partial charge in [0.05, 0.1) is 10.6 Å². The van der Waals surface area contributed by atoms with Gasteiger partial charge in [0.15, 0.2) is 5.82 Å². The number of amides is 1. The Kier molecular flexibility index (Phi) is 7.00. The van der Waals surface area contributed by atoms with Gasteiger partial charge in [-0.2, -0.15) is 14.7 Å². The summed E-state index contributed by atoms with van der Waals surface area (Å²) in [5.41, 5.74) is 9.07. The monoisotopic (exact) mass is 470 g/mol. The molecule has 1 aromatic carbocycles. The molecule has 1 amide bonds. The number of nitrogens with one attached hydrogen (secondary N) is 2. The minimum atomic E-state index is -3.55. The standard InChI is InChI=1S/C23H30N6O3S/c24-15-20-21(27-28-22(20)25)6-3-11-26-23(30)17-9-12-29(13-10-17)33(31,32)19-8-7-16-4-1-2-5-18(16)14-19/h7-8,14,17H,1-6,9-13H2,(H,26,30)(H3,25,27,28). The average Bonchev–Trinajstić information content (AvgIpc) is 3.20. The number of nitrogen functional groups attached to an aromatic ring is 1. The van der Waals surface area contributed by atoms with Crippen LogP contribution in [0.3, 0.4) is 0 Å². The van der Waals surface area contributed by atoms with E-state index in [1.54, 1.807) is 6.07 Å². The quantitative estimate of drug-likeness (QED) is 0.527. The molecule has 33 heavy (non-hydrogen) atoms. The summed E-state index contributed by atoms with van der Waals surface area (Å²) < 4.78 is 27.8. The van der Waals surface area contributed by atoms with Gasteiger partial charge in [0.1, 0.15) is 11.6 Å². The van der Waals surface area contributed by atoms with Gasteiger partial charge in [0.25, 0.3) is 0 Å². The van der Waals surface area contributed by atoms with Crippen molar-refractivity contribution in [1.29, 1.82) is 5.26 Å². The third-order valence-electron chi connectivity index (χ3n) is 6.67. The van der Waals surface area contributed by atoms with Gasteiger partial charge in [0.2, 0.25) is 15.9 Å². The lowest BCUT2D eigenvalue weighted by molar-refractivity contribution is -0.126. The number of H-pyrrole nitrogens is 1. The Morgan fingerprint density at radius 3 is 2.70 bits per heavy atom. The molecular weight excluding hydrogens is 440 g/mol. The van der Waals surface area contributed by atoms with Crippen molar-refractivity contribution in [3.05, 3.63) is 40.6 Å². The summed E-state index contributed by atoms with van der Waals surface area (Å²) in [4.78, 5) is 12.9. The minimum Gasteiger partial charge on any atom is -0.381 e. The molecule has 2 heterocycles. The normalized spacial score (nSPS) is 17.3. The fourth-order valence-electron chi connectivity index (χ4n) is 4.70. The van der Waals surface area contributed by atoms with Crippen LogP contribution in [0.15, 0.2) is 23.1 Å². The maximum atomic E-state index is 13.1. The average molecular weight is 471 g/mol. The van der Waals surface area contributed by atoms with E-state index in [0.29, 0.717) is 61.5 Å². The SMILES string of the molecule is N#Cc1c(N)n[nH]c1CCCNC(=O)C1CCN(S(=O)(=O)c2ccc3c(c2)CCCC3)CC1. The molecule has 2 aromatic rings. The largest absolute Gasteiger partial charge is 0.381 e. The first-order valence-electron chi connectivity index (χ1n) is 11.5. The predicted octanol–water partition coefficient (Wildman–Crippen LogP) is 1.89. The molecule has 0 radical (unpaired) electrons. The lowest BCUT2D eigenvalue weighted by Gasteiger charge is -2.31. The number of piperidine rings is 1. The first kappa shape index (κ1) is 23.3. The second kappa shape index (κ2) is 9.93. The van der Waals surface area contributed by atoms with E-state index in [2.05, 4.69) is 15.5 Å². The summed E-state index contributed by atoms with van der Waals surface area (Å²) in [5.74, 6) is -0.0588. The highest BCUT2D eigenvalue weighted by atomic mass is 32.2. The summed E-state index contributed by atoms with van der Waals surface area (Å²) in [6.07, 6.45) is 6.44. The van der Waals surface area contributed by atoms with Crippen LogP contribution in [0, 0.1) is 17.2 Å². The van der Waals surface area contributed by atoms with Crippen molar-refractivity contribution in [3.63, 3.8) is 0 Å². The fraction of sp³-hybridized carbons (Fsp3) is 0.522. The Labute approximate surface area is 194 Å². The number of rotatable bonds is 7. The molecule has 4 rings (SSSR count). The highest BCUT2D eigenvalue weighted by Gasteiger charge is 2.32. The van der Waals surface area contributed by atoms with Crippen LogP contribution in [0.25, 0.3) is 0 Å². The van der Waals surface area contributed by atoms with Crippen molar-refractivity contribution in [2.75, 3.05) is 25.4 Å². The van der Waals surface area contributed by atoms with Gasteiger partial charge in [-0.15, -0.1) is 0 Å². The number of aryl methyl sites for hydroxylation is 3. The molecule has 176 valence electrons. The summed E-state index contributed by atoms with van der Waals surface area (Å²) in [5, 5.41) is 18.6. The molecule has 1 fully saturated rings. The van der Waals surface area contributed by atoms with Crippen LogP contribution >= 0.6 is 0 Å². The van der Waals surface area contributed by atoms with E-state index in [0.717, 1.165) is 31.2 Å². The van der Waals surface area contributed by atoms with E-state index < -0.39 is 10.0 Å². The van der Waals surface area contributed by atoms with Crippen LogP contribution in [-0.4, -0.2) is 48.5 Å². The Morgan fingerprint density at radius 1 is 1.24 bits per heavy atom. The number of hydrogen-bond donors (Lipinski definition) is 3. The molecule has 0 bridgehead atoms. The number of carbonyl (C=O) groups excluding carboxylic acids is 1. The van der Waals surface area contributed by atoms with E-state index in [-0.39, 0.29) is 17.6 Å². The van der Waals surface area contributed by atoms with Crippen molar-refractivity contribution < 1.29 is 13.2 Å². The number of fused-ring (bicyclic) bond motifs is 1. The van der Waals surface area contributed by atoms with Crippen molar-refractivity contribution in [2.45, 2.75) is 56.3 Å². The lowest BCUT2D eigenvalue weighted by atomic mass is 9.92. The first-order chi connectivity index (χ1) is 15.9. The number of aromatic amines is 1. The number of benzene rings is 1. The Morgan fingerprint density at radius 2 is 1.97 bits per heavy atom. The number of nitrogens with zero attached hydrogens (tertiary/aromatic N) is 3. The number of anilines is 1. The minimum absolute atomic E-state index is 0.0505. The number of hydrogen-bond acceptors (Lipinski definition) is 6. The molecule has 0 atom stereocenters. The van der Waals surface area contributed by atoms with Crippen molar-refractivity contribution in [2.24, 2.45) is 5.92 Å². The summed E-state index contributed by atoms with van der Waals surface area (Å²) in [6.45, 7) is 1.16. The van der Waals surface area contributed by atoms with Crippen LogP contribution in [0.1, 0.15) is 54.5 Å². The molecule has 1 aliphatic heterocycles. The maximum Gasteiger partial charge on any atom is 0.243 e. The van der Waals surface area contributed by atoms with E-state index in [1.807, 2.05) is 18.2 Å². The van der Waals surface area contributed by atoms with E-state index >= 15 is 0 Å². The zero-order valence-corrected chi connectivity index (χ0v) is 19.5. The number of nitriles is 1. The molecule has 10 heteroatoms. The summed E-state index contributed by atoms with van der Waals surface area (Å²) in [6, 6.07) is 7.55. The van der Waals surface area contributed by atoms with Gasteiger partial charge in [-0.3, -0.25) is 9.89 Å². The van der Waals surface area contributed by atoms with Crippen LogP contribution in [0.4, 0.5) is 5.82 Å². The molecule has 0 unspecified atom stereocenters. The number of nitrogens with two attached hydrogens (primary N) is 1. The molecule has 1 aliphatic carbocycles. The maximum absolute atomic E-state index is 13.1. The van der Waals surface area contributed by atoms with Gasteiger partial charge in [0, 0.05) is 25.6 Å². The van der Waals surface area contributed by atoms with Gasteiger partial charge < -0.3 is 11.1 Å². The third kappa shape index (κ3) is 5.04. The van der Waals surface area contributed by atoms with Crippen LogP contribution in [0.5, 0.6) is 0 Å². The fourth-order valence-corrected chi connectivity index (χ4v) is 6.22. The highest BCUT2D eigenvalue weighted by molar-refractivity contribution is 7.89. The number of aromatic nitrogens is 2. The zero-order chi connectivity index (χ0) is 23.4. The number of carbonyl (C=O) groups is 1. The molecule has 1 saturated heterocycles. The topological polar surface area (TPSA) is 145 Å². The first-order valence-corrected chi connectivity index (χ1v) is 13.0. The second-order valence-corrected chi connectivity index (χ2v) is 10.7. The van der Waals surface area contributed by atoms with Crippen molar-refractivity contribution >= 4 is 21.7 Å². The lowest BCUT2D eigenvalue weighted by Crippen LogP contribution is -2.43. The molecular formula is C23H30N6O3S. The van der Waals surface area contributed by atoms with E-state index in [9.17, 15) is 13.2 Å². The highest BCUT2D eigenvalue weighted by Crippen LogP contribution is 2.28. The molecule has 0 saturated carbocycles. The second-order valence-electron chi connectivity index (χ2n) is 8.78. The van der Waals surface area contributed by atoms with Crippen LogP contribution in [0.2, 0.25) is 0 Å². The Hall–Kier alpha value is -2.90. The molecule has 2 aliphatic rings. The van der Waals surface area contributed by atoms with Gasteiger partial charge in [-0.1, -0.05) is 6.07 Å². The smallest absolute Gasteiger partial charge is 0.243 e. The Balaban J connectivity index is 1.26. The van der Waals surface area contributed by atoms with E-state index in [1.165, 1.54) is 9.87 Å². The molecule has 1 aromatic heterocycles. The van der Waals surface area contributed by atoms with Crippen molar-refractivity contribution in [1.82, 2.24) is 19.8 Å². The van der Waals surface area contributed by atoms with Gasteiger partial charge in [-0.05, 0) is 74.6 Å². The molecule has 4 N–H and O–H groups in total.